The molecule has 14 atom stereocenters. The largest absolute Gasteiger partial charge is 0.481 e. The van der Waals surface area contributed by atoms with Gasteiger partial charge < -0.3 is 77.4 Å². The Kier molecular flexibility index (Phi) is 13.8. The van der Waals surface area contributed by atoms with Crippen LogP contribution in [0.2, 0.25) is 0 Å². The van der Waals surface area contributed by atoms with E-state index >= 15 is 0 Å². The highest BCUT2D eigenvalue weighted by Gasteiger charge is 2.50. The van der Waals surface area contributed by atoms with Crippen molar-refractivity contribution in [2.75, 3.05) is 19.8 Å². The van der Waals surface area contributed by atoms with Gasteiger partial charge in [0.05, 0.1) is 43.4 Å². The van der Waals surface area contributed by atoms with Crippen LogP contribution in [0.3, 0.4) is 0 Å². The summed E-state index contributed by atoms with van der Waals surface area (Å²) in [5.41, 5.74) is 17.4. The molecule has 2 aliphatic heterocycles. The third-order valence-corrected chi connectivity index (χ3v) is 7.67. The van der Waals surface area contributed by atoms with Crippen LogP contribution in [0.5, 0.6) is 0 Å². The average molecular weight is 640 g/mol. The van der Waals surface area contributed by atoms with Crippen molar-refractivity contribution in [1.29, 1.82) is 0 Å². The number of aliphatic carboxylic acids is 1. The first-order valence-corrected chi connectivity index (χ1v) is 14.0. The van der Waals surface area contributed by atoms with E-state index < -0.39 is 135 Å². The summed E-state index contributed by atoms with van der Waals surface area (Å²) >= 11 is 0. The van der Waals surface area contributed by atoms with E-state index in [9.17, 15) is 54.9 Å². The van der Waals surface area contributed by atoms with E-state index in [2.05, 4.69) is 5.32 Å². The number of carbonyl (C=O) groups excluding carboxylic acids is 3. The highest BCUT2D eigenvalue weighted by molar-refractivity contribution is 5.89. The molecule has 3 unspecified atom stereocenters. The summed E-state index contributed by atoms with van der Waals surface area (Å²) in [4.78, 5) is 51.0. The molecule has 3 amide bonds. The molecule has 0 saturated carbocycles. The molecule has 0 aliphatic carbocycles. The number of hydrogen-bond acceptors (Lipinski definition) is 15. The molecule has 0 spiro atoms. The van der Waals surface area contributed by atoms with Crippen LogP contribution in [-0.2, 0) is 33.4 Å². The molecule has 2 fully saturated rings. The van der Waals surface area contributed by atoms with Crippen molar-refractivity contribution in [2.24, 2.45) is 23.1 Å². The van der Waals surface area contributed by atoms with Crippen molar-refractivity contribution in [1.82, 2.24) is 10.2 Å². The minimum atomic E-state index is -1.70. The number of nitrogens with two attached hydrogens (primary N) is 3. The lowest BCUT2D eigenvalue weighted by molar-refractivity contribution is -0.268. The Morgan fingerprint density at radius 2 is 1.55 bits per heavy atom. The number of amides is 3. The Morgan fingerprint density at radius 1 is 0.977 bits per heavy atom. The van der Waals surface area contributed by atoms with Crippen LogP contribution in [0.1, 0.15) is 27.2 Å². The molecule has 2 aliphatic rings. The van der Waals surface area contributed by atoms with Crippen LogP contribution in [0.25, 0.3) is 0 Å². The third-order valence-electron chi connectivity index (χ3n) is 7.67. The quantitative estimate of drug-likeness (QED) is 0.0841. The molecule has 254 valence electrons. The number of carbonyl (C=O) groups is 4. The second-order valence-electron chi connectivity index (χ2n) is 11.1. The zero-order valence-corrected chi connectivity index (χ0v) is 24.6. The number of ether oxygens (including phenoxy) is 3. The van der Waals surface area contributed by atoms with E-state index in [-0.39, 0.29) is 0 Å². The standard InChI is InChI=1S/C25H45N5O14/c1-8(42-21-16(29-10(3)33)25(41)44-14(7-32)18(21)35)5-30(23(38)9(2)26)12(22(28)37)4-11(24(39)40)20-15(27)19(36)17(34)13(6-31)43-20/h8-9,11-21,25,31-32,34-36,41H,4-7,26-27H2,1-3H3,(H2,28,37)(H,29,33)(H,39,40)/t8?,9-,11?,12+,13+,14+,15+,16+,17+,18+,19+,20?,21+,25-/m0/s1. The first kappa shape index (κ1) is 37.6. The lowest BCUT2D eigenvalue weighted by atomic mass is 9.83. The van der Waals surface area contributed by atoms with Crippen molar-refractivity contribution in [3.63, 3.8) is 0 Å². The van der Waals surface area contributed by atoms with Crippen molar-refractivity contribution >= 4 is 23.7 Å². The Bertz CT molecular complexity index is 1000. The summed E-state index contributed by atoms with van der Waals surface area (Å²) in [5.74, 6) is -5.87. The predicted molar refractivity (Wildman–Crippen MR) is 146 cm³/mol. The number of primary amides is 1. The highest BCUT2D eigenvalue weighted by atomic mass is 16.6. The molecule has 44 heavy (non-hydrogen) atoms. The number of carboxylic acids is 1. The van der Waals surface area contributed by atoms with E-state index in [1.807, 2.05) is 0 Å². The predicted octanol–water partition coefficient (Wildman–Crippen LogP) is -6.74. The molecule has 0 bridgehead atoms. The number of aliphatic hydroxyl groups is 6. The summed E-state index contributed by atoms with van der Waals surface area (Å²) in [7, 11) is 0. The van der Waals surface area contributed by atoms with Crippen LogP contribution in [0, 0.1) is 5.92 Å². The summed E-state index contributed by atoms with van der Waals surface area (Å²) in [6.07, 6.45) is -14.1. The first-order valence-electron chi connectivity index (χ1n) is 14.0. The van der Waals surface area contributed by atoms with Gasteiger partial charge in [-0.2, -0.15) is 0 Å². The van der Waals surface area contributed by atoms with Crippen LogP contribution < -0.4 is 22.5 Å². The fourth-order valence-corrected chi connectivity index (χ4v) is 5.40. The van der Waals surface area contributed by atoms with Crippen molar-refractivity contribution < 1.29 is 69.1 Å². The maximum absolute atomic E-state index is 13.3. The molecule has 0 aromatic carbocycles. The lowest BCUT2D eigenvalue weighted by Gasteiger charge is -2.45. The van der Waals surface area contributed by atoms with E-state index in [1.165, 1.54) is 13.8 Å². The molecule has 2 rings (SSSR count). The number of nitrogens with zero attached hydrogens (tertiary/aromatic N) is 1. The molecule has 0 radical (unpaired) electrons. The number of nitrogens with one attached hydrogen (secondary N) is 1. The molecule has 19 nitrogen and oxygen atoms in total. The maximum Gasteiger partial charge on any atom is 0.309 e. The van der Waals surface area contributed by atoms with Gasteiger partial charge in [0.25, 0.3) is 0 Å². The van der Waals surface area contributed by atoms with Crippen LogP contribution in [-0.4, -0.2) is 163 Å². The molecule has 19 heteroatoms. The van der Waals surface area contributed by atoms with Gasteiger partial charge in [-0.3, -0.25) is 19.2 Å². The van der Waals surface area contributed by atoms with Gasteiger partial charge in [0, 0.05) is 13.5 Å². The third kappa shape index (κ3) is 8.79. The minimum Gasteiger partial charge on any atom is -0.481 e. The Morgan fingerprint density at radius 3 is 2.02 bits per heavy atom. The number of rotatable bonds is 14. The SMILES string of the molecule is CC(=O)N[C@@H]1[C@@H](OC(C)CN(C(=O)[C@H](C)N)[C@H](CC(C(=O)O)C2O[C@H](CO)[C@@H](O)[C@H](O)[C@H]2N)C(N)=O)[C@H](O)[C@@H](CO)O[C@@H]1O. The van der Waals surface area contributed by atoms with E-state index in [1.54, 1.807) is 0 Å². The second-order valence-corrected chi connectivity index (χ2v) is 11.1. The minimum absolute atomic E-state index is 0.477. The van der Waals surface area contributed by atoms with Gasteiger partial charge >= 0.3 is 5.97 Å². The molecule has 14 N–H and O–H groups in total. The highest BCUT2D eigenvalue weighted by Crippen LogP contribution is 2.30. The van der Waals surface area contributed by atoms with Gasteiger partial charge in [0.15, 0.2) is 6.29 Å². The molecule has 0 aromatic rings. The van der Waals surface area contributed by atoms with Crippen molar-refractivity contribution in [2.45, 2.75) is 106 Å². The van der Waals surface area contributed by atoms with E-state index in [0.29, 0.717) is 0 Å². The van der Waals surface area contributed by atoms with Gasteiger partial charge in [-0.05, 0) is 20.3 Å². The topological polar surface area (TPSA) is 331 Å². The number of aliphatic hydroxyl groups excluding tert-OH is 6. The van der Waals surface area contributed by atoms with Gasteiger partial charge in [0.2, 0.25) is 17.7 Å². The second kappa shape index (κ2) is 16.1. The molecule has 0 aromatic heterocycles. The lowest BCUT2D eigenvalue weighted by Crippen LogP contribution is -2.66. The molecule has 2 heterocycles. The fraction of sp³-hybridized carbons (Fsp3) is 0.840. The normalized spacial score (nSPS) is 35.2. The van der Waals surface area contributed by atoms with Crippen molar-refractivity contribution in [3.8, 4) is 0 Å². The number of hydrogen-bond donors (Lipinski definition) is 11. The summed E-state index contributed by atoms with van der Waals surface area (Å²) < 4.78 is 16.5. The monoisotopic (exact) mass is 639 g/mol. The van der Waals surface area contributed by atoms with E-state index in [0.717, 1.165) is 11.8 Å². The fourth-order valence-electron chi connectivity index (χ4n) is 5.40. The average Bonchev–Trinajstić information content (AvgIpc) is 2.94. The van der Waals surface area contributed by atoms with Crippen LogP contribution in [0.15, 0.2) is 0 Å². The Labute approximate surface area is 252 Å². The van der Waals surface area contributed by atoms with E-state index in [4.69, 9.17) is 31.4 Å². The first-order chi connectivity index (χ1) is 20.5. The van der Waals surface area contributed by atoms with Gasteiger partial charge in [-0.1, -0.05) is 0 Å². The maximum atomic E-state index is 13.3. The van der Waals surface area contributed by atoms with Crippen LogP contribution in [0.4, 0.5) is 0 Å². The summed E-state index contributed by atoms with van der Waals surface area (Å²) in [6.45, 7) is 1.86. The zero-order valence-electron chi connectivity index (χ0n) is 24.6. The van der Waals surface area contributed by atoms with Gasteiger partial charge in [0.1, 0.15) is 48.7 Å². The smallest absolute Gasteiger partial charge is 0.309 e. The Balaban J connectivity index is 2.40. The number of carboxylic acid groups (broad SMARTS) is 1. The summed E-state index contributed by atoms with van der Waals surface area (Å²) in [6, 6.07) is -5.69. The molecular formula is C25H45N5O14. The van der Waals surface area contributed by atoms with Gasteiger partial charge in [-0.15, -0.1) is 0 Å². The molecular weight excluding hydrogens is 594 g/mol. The van der Waals surface area contributed by atoms with Gasteiger partial charge in [-0.25, -0.2) is 0 Å². The summed E-state index contributed by atoms with van der Waals surface area (Å²) in [5, 5.41) is 73.1. The molecule has 2 saturated heterocycles. The zero-order chi connectivity index (χ0) is 33.6. The Hall–Kier alpha value is -2.56. The van der Waals surface area contributed by atoms with Crippen molar-refractivity contribution in [3.05, 3.63) is 0 Å². The van der Waals surface area contributed by atoms with Crippen LogP contribution >= 0.6 is 0 Å².